The summed E-state index contributed by atoms with van der Waals surface area (Å²) in [6, 6.07) is 23.7. The summed E-state index contributed by atoms with van der Waals surface area (Å²) in [7, 11) is 0. The molecule has 4 aliphatic rings. The van der Waals surface area contributed by atoms with Gasteiger partial charge in [-0.05, 0) is 0 Å². The second-order valence-electron chi connectivity index (χ2n) is 13.9. The third-order valence-corrected chi connectivity index (χ3v) is 22.6. The van der Waals surface area contributed by atoms with Gasteiger partial charge in [0.15, 0.2) is 0 Å². The van der Waals surface area contributed by atoms with Crippen LogP contribution in [0.3, 0.4) is 0 Å². The number of alkyl halides is 6. The van der Waals surface area contributed by atoms with Crippen molar-refractivity contribution >= 4 is 12.2 Å². The quantitative estimate of drug-likeness (QED) is 0.156. The smallest absolute Gasteiger partial charge is 1.00 e. The second-order valence-corrected chi connectivity index (χ2v) is 21.1. The summed E-state index contributed by atoms with van der Waals surface area (Å²) in [6.07, 6.45) is 0.842. The molecule has 0 nitrogen and oxygen atoms in total. The van der Waals surface area contributed by atoms with Gasteiger partial charge in [-0.25, -0.2) is 0 Å². The summed E-state index contributed by atoms with van der Waals surface area (Å²) < 4.78 is 82.2. The zero-order valence-electron chi connectivity index (χ0n) is 26.9. The second kappa shape index (κ2) is 12.8. The van der Waals surface area contributed by atoms with E-state index in [4.69, 9.17) is 0 Å². The summed E-state index contributed by atoms with van der Waals surface area (Å²) in [4.78, 5) is 0. The molecule has 49 heavy (non-hydrogen) atoms. The number of allylic oxidation sites excluding steroid dienone is 2. The summed E-state index contributed by atoms with van der Waals surface area (Å²) in [6.45, 7) is 4.51. The van der Waals surface area contributed by atoms with E-state index in [2.05, 4.69) is 50.3 Å². The number of benzene rings is 4. The van der Waals surface area contributed by atoms with Crippen molar-refractivity contribution in [3.63, 3.8) is 0 Å². The van der Waals surface area contributed by atoms with Crippen molar-refractivity contribution in [3.8, 4) is 22.3 Å². The van der Waals surface area contributed by atoms with Crippen molar-refractivity contribution in [3.05, 3.63) is 129 Å². The molecular formula is C40H34Cl2F6Ti. The molecule has 4 unspecified atom stereocenters. The van der Waals surface area contributed by atoms with Crippen LogP contribution < -0.4 is 24.8 Å². The van der Waals surface area contributed by atoms with Gasteiger partial charge in [-0.3, -0.25) is 0 Å². The Bertz CT molecular complexity index is 1810. The van der Waals surface area contributed by atoms with Crippen LogP contribution >= 0.6 is 0 Å². The van der Waals surface area contributed by atoms with Crippen molar-refractivity contribution in [2.24, 2.45) is 0 Å². The molecule has 0 spiro atoms. The molecule has 0 bridgehead atoms. The monoisotopic (exact) mass is 746 g/mol. The Labute approximate surface area is 298 Å². The Balaban J connectivity index is 0.00000208. The van der Waals surface area contributed by atoms with Gasteiger partial charge in [0.05, 0.1) is 0 Å². The maximum Gasteiger partial charge on any atom is -1.00 e. The molecule has 0 radical (unpaired) electrons. The van der Waals surface area contributed by atoms with Gasteiger partial charge in [0, 0.05) is 0 Å². The zero-order valence-corrected chi connectivity index (χ0v) is 30.0. The predicted octanol–water partition coefficient (Wildman–Crippen LogP) is 7.00. The molecule has 4 aromatic carbocycles. The maximum atomic E-state index is 13.3. The normalized spacial score (nSPS) is 23.9. The minimum absolute atomic E-state index is 0. The molecule has 0 amide bonds. The van der Waals surface area contributed by atoms with Crippen molar-refractivity contribution in [1.82, 2.24) is 0 Å². The Morgan fingerprint density at radius 1 is 0.531 bits per heavy atom. The molecule has 2 fully saturated rings. The predicted molar refractivity (Wildman–Crippen MR) is 173 cm³/mol. The molecule has 3 aliphatic carbocycles. The number of rotatable bonds is 4. The van der Waals surface area contributed by atoms with Gasteiger partial charge in [-0.15, -0.1) is 0 Å². The van der Waals surface area contributed by atoms with Crippen LogP contribution in [0, 0.1) is 0 Å². The Morgan fingerprint density at radius 3 is 1.24 bits per heavy atom. The Hall–Kier alpha value is -2.77. The van der Waals surface area contributed by atoms with E-state index in [0.29, 0.717) is 8.45 Å². The van der Waals surface area contributed by atoms with Crippen molar-refractivity contribution < 1.29 is 67.7 Å². The maximum absolute atomic E-state index is 13.3. The SMILES string of the molecule is CC1=Cc2c(-c3ccc(C(F)(F)F)cc3)cccc2[CH]1[Ti+2]1([CH]2C(C)=Cc3c(-c4ccc(C(F)(F)F)cc4)cccc32)[CH]2CCCC[CH]21.[Cl-].[Cl-]. The minimum atomic E-state index is -4.38. The molecule has 254 valence electrons. The average molecular weight is 747 g/mol. The third-order valence-electron chi connectivity index (χ3n) is 11.5. The Kier molecular flexibility index (Phi) is 9.40. The number of halogens is 8. The molecule has 1 saturated carbocycles. The number of hydrogen-bond acceptors (Lipinski definition) is 0. The molecule has 0 N–H and O–H groups in total. The van der Waals surface area contributed by atoms with Gasteiger partial charge in [0.2, 0.25) is 0 Å². The molecule has 8 rings (SSSR count). The van der Waals surface area contributed by atoms with E-state index < -0.39 is 40.1 Å². The molecule has 1 heterocycles. The summed E-state index contributed by atoms with van der Waals surface area (Å²) in [5, 5.41) is 0. The summed E-state index contributed by atoms with van der Waals surface area (Å²) in [5.74, 6) is 0. The first-order valence-electron chi connectivity index (χ1n) is 16.4. The van der Waals surface area contributed by atoms with Crippen LogP contribution in [0.15, 0.2) is 96.1 Å². The molecule has 1 saturated heterocycles. The fourth-order valence-electron chi connectivity index (χ4n) is 9.85. The Morgan fingerprint density at radius 2 is 0.898 bits per heavy atom. The first-order valence-corrected chi connectivity index (χ1v) is 20.0. The van der Waals surface area contributed by atoms with Crippen LogP contribution in [0.1, 0.15) is 81.4 Å². The summed E-state index contributed by atoms with van der Waals surface area (Å²) >= 11 is -2.90. The van der Waals surface area contributed by atoms with E-state index >= 15 is 0 Å². The van der Waals surface area contributed by atoms with Crippen molar-refractivity contribution in [1.29, 1.82) is 0 Å². The molecular weight excluding hydrogens is 713 g/mol. The average Bonchev–Trinajstić information content (AvgIpc) is 3.35. The van der Waals surface area contributed by atoms with E-state index in [1.807, 2.05) is 12.1 Å². The van der Waals surface area contributed by atoms with Crippen LogP contribution in [0.4, 0.5) is 26.3 Å². The van der Waals surface area contributed by atoms with Crippen LogP contribution in [-0.4, -0.2) is 0 Å². The van der Waals surface area contributed by atoms with Crippen molar-refractivity contribution in [2.75, 3.05) is 0 Å². The first kappa shape index (κ1) is 36.0. The van der Waals surface area contributed by atoms with Crippen LogP contribution in [0.25, 0.3) is 34.4 Å². The third kappa shape index (κ3) is 5.66. The van der Waals surface area contributed by atoms with Crippen LogP contribution in [-0.2, 0) is 28.9 Å². The van der Waals surface area contributed by atoms with Crippen LogP contribution in [0.2, 0.25) is 8.45 Å². The van der Waals surface area contributed by atoms with Gasteiger partial charge in [-0.2, -0.15) is 0 Å². The minimum Gasteiger partial charge on any atom is -1.00 e. The van der Waals surface area contributed by atoms with Crippen LogP contribution in [0.5, 0.6) is 0 Å². The number of hydrogen-bond donors (Lipinski definition) is 0. The van der Waals surface area contributed by atoms with E-state index in [0.717, 1.165) is 41.8 Å². The van der Waals surface area contributed by atoms with E-state index in [9.17, 15) is 26.3 Å². The van der Waals surface area contributed by atoms with E-state index in [1.54, 1.807) is 24.3 Å². The molecule has 1 aliphatic heterocycles. The molecule has 4 aromatic rings. The zero-order chi connectivity index (χ0) is 32.9. The molecule has 9 heteroatoms. The van der Waals surface area contributed by atoms with E-state index in [1.165, 1.54) is 72.2 Å². The molecule has 0 aromatic heterocycles. The molecule has 4 atom stereocenters. The van der Waals surface area contributed by atoms with Gasteiger partial charge in [0.25, 0.3) is 0 Å². The van der Waals surface area contributed by atoms with Gasteiger partial charge in [-0.1, -0.05) is 0 Å². The summed E-state index contributed by atoms with van der Waals surface area (Å²) in [5.41, 5.74) is 9.91. The largest absolute Gasteiger partial charge is 1.00 e. The van der Waals surface area contributed by atoms with Gasteiger partial charge < -0.3 is 24.8 Å². The van der Waals surface area contributed by atoms with Gasteiger partial charge in [0.1, 0.15) is 0 Å². The topological polar surface area (TPSA) is 0 Å². The van der Waals surface area contributed by atoms with E-state index in [-0.39, 0.29) is 24.8 Å². The number of fused-ring (bicyclic) bond motifs is 3. The first-order chi connectivity index (χ1) is 22.4. The fraction of sp³-hybridized carbons (Fsp3) is 0.300. The standard InChI is InChI=1S/2C17H12F3.C6H10.2ClH.Ti/c2*1-11-9-13-3-2-4-15(16(13)10-11)12-5-7-14(8-6-12)17(18,19)20;1-2-4-6-5-3-1;;;/h2*2-10H,1H3;1-2H,3-6H2;2*1H;/q;;;;;+2/p-2. The van der Waals surface area contributed by atoms with Gasteiger partial charge >= 0.3 is 276 Å². The van der Waals surface area contributed by atoms with Crippen molar-refractivity contribution in [2.45, 2.75) is 68.8 Å². The fourth-order valence-corrected chi connectivity index (χ4v) is 24.0.